The first-order chi connectivity index (χ1) is 12.9. The highest BCUT2D eigenvalue weighted by molar-refractivity contribution is 5.83. The Morgan fingerprint density at radius 2 is 1.33 bits per heavy atom. The lowest BCUT2D eigenvalue weighted by atomic mass is 10.0. The predicted molar refractivity (Wildman–Crippen MR) is 98.8 cm³/mol. The molecule has 0 spiro atoms. The fourth-order valence-corrected chi connectivity index (χ4v) is 2.54. The molecule has 0 bridgehead atoms. The molecule has 7 heteroatoms. The molecule has 144 valence electrons. The second-order valence-electron chi connectivity index (χ2n) is 6.10. The monoisotopic (exact) mass is 372 g/mol. The lowest BCUT2D eigenvalue weighted by molar-refractivity contribution is -0.276. The first kappa shape index (κ1) is 20.6. The predicted octanol–water partition coefficient (Wildman–Crippen LogP) is 1.23. The van der Waals surface area contributed by atoms with E-state index < -0.39 is 23.7 Å². The molecule has 0 aromatic heterocycles. The molecule has 2 amide bonds. The number of amides is 2. The minimum absolute atomic E-state index is 0.00774. The Morgan fingerprint density at radius 1 is 0.889 bits per heavy atom. The first-order valence-electron chi connectivity index (χ1n) is 8.56. The molecule has 2 aromatic carbocycles. The van der Waals surface area contributed by atoms with Crippen LogP contribution < -0.4 is 11.5 Å². The maximum absolute atomic E-state index is 12.2. The summed E-state index contributed by atoms with van der Waals surface area (Å²) in [4.78, 5) is 23.3. The Labute approximate surface area is 157 Å². The summed E-state index contributed by atoms with van der Waals surface area (Å²) in [5.41, 5.74) is 12.2. The largest absolute Gasteiger partial charge is 0.387 e. The maximum atomic E-state index is 12.2. The SMILES string of the molecule is NC(=O)CCC(O)C(OCc1ccccc1)(OCc1ccccc1)C(N)=O. The number of carbonyl (C=O) groups excluding carboxylic acids is 2. The molecule has 0 aliphatic rings. The van der Waals surface area contributed by atoms with Crippen LogP contribution in [0.1, 0.15) is 24.0 Å². The van der Waals surface area contributed by atoms with Crippen LogP contribution in [0.2, 0.25) is 0 Å². The van der Waals surface area contributed by atoms with Crippen molar-refractivity contribution in [1.29, 1.82) is 0 Å². The van der Waals surface area contributed by atoms with Gasteiger partial charge in [0, 0.05) is 6.42 Å². The third kappa shape index (κ3) is 5.89. The molecule has 1 unspecified atom stereocenters. The maximum Gasteiger partial charge on any atom is 0.280 e. The highest BCUT2D eigenvalue weighted by Gasteiger charge is 2.47. The normalized spacial score (nSPS) is 12.5. The second-order valence-corrected chi connectivity index (χ2v) is 6.10. The van der Waals surface area contributed by atoms with Crippen molar-refractivity contribution < 1.29 is 24.2 Å². The van der Waals surface area contributed by atoms with Gasteiger partial charge in [0.2, 0.25) is 5.91 Å². The van der Waals surface area contributed by atoms with E-state index in [0.29, 0.717) is 0 Å². The van der Waals surface area contributed by atoms with Crippen LogP contribution >= 0.6 is 0 Å². The van der Waals surface area contributed by atoms with Gasteiger partial charge in [-0.25, -0.2) is 0 Å². The average Bonchev–Trinajstić information content (AvgIpc) is 2.67. The summed E-state index contributed by atoms with van der Waals surface area (Å²) in [6, 6.07) is 18.2. The average molecular weight is 372 g/mol. The quantitative estimate of drug-likeness (QED) is 0.512. The van der Waals surface area contributed by atoms with Crippen molar-refractivity contribution >= 4 is 11.8 Å². The third-order valence-corrected chi connectivity index (χ3v) is 4.04. The van der Waals surface area contributed by atoms with E-state index in [-0.39, 0.29) is 26.1 Å². The molecule has 7 nitrogen and oxygen atoms in total. The molecule has 5 N–H and O–H groups in total. The van der Waals surface area contributed by atoms with E-state index in [1.807, 2.05) is 36.4 Å². The van der Waals surface area contributed by atoms with E-state index >= 15 is 0 Å². The summed E-state index contributed by atoms with van der Waals surface area (Å²) in [5, 5.41) is 10.6. The fourth-order valence-electron chi connectivity index (χ4n) is 2.54. The molecule has 0 aliphatic carbocycles. The van der Waals surface area contributed by atoms with E-state index in [0.717, 1.165) is 11.1 Å². The van der Waals surface area contributed by atoms with Gasteiger partial charge in [-0.2, -0.15) is 0 Å². The molecule has 27 heavy (non-hydrogen) atoms. The van der Waals surface area contributed by atoms with Gasteiger partial charge in [0.05, 0.1) is 13.2 Å². The Morgan fingerprint density at radius 3 is 1.70 bits per heavy atom. The summed E-state index contributed by atoms with van der Waals surface area (Å²) in [6.07, 6.45) is -1.73. The number of rotatable bonds is 11. The number of aliphatic hydroxyl groups is 1. The summed E-state index contributed by atoms with van der Waals surface area (Å²) in [6.45, 7) is -0.0155. The first-order valence-corrected chi connectivity index (χ1v) is 8.56. The number of hydrogen-bond donors (Lipinski definition) is 3. The molecule has 2 aromatic rings. The van der Waals surface area contributed by atoms with Crippen LogP contribution in [0.3, 0.4) is 0 Å². The van der Waals surface area contributed by atoms with Gasteiger partial charge < -0.3 is 26.0 Å². The van der Waals surface area contributed by atoms with E-state index in [4.69, 9.17) is 20.9 Å². The van der Waals surface area contributed by atoms with Crippen molar-refractivity contribution in [3.63, 3.8) is 0 Å². The second kappa shape index (κ2) is 9.82. The number of aliphatic hydroxyl groups excluding tert-OH is 1. The summed E-state index contributed by atoms with van der Waals surface area (Å²) < 4.78 is 11.4. The topological polar surface area (TPSA) is 125 Å². The Kier molecular flexibility index (Phi) is 7.48. The Hall–Kier alpha value is -2.74. The van der Waals surface area contributed by atoms with E-state index in [1.165, 1.54) is 0 Å². The summed E-state index contributed by atoms with van der Waals surface area (Å²) in [5.74, 6) is -3.70. The molecule has 0 fully saturated rings. The van der Waals surface area contributed by atoms with Crippen LogP contribution in [0.5, 0.6) is 0 Å². The third-order valence-electron chi connectivity index (χ3n) is 4.04. The van der Waals surface area contributed by atoms with Gasteiger partial charge >= 0.3 is 0 Å². The number of carbonyl (C=O) groups is 2. The Bertz CT molecular complexity index is 693. The highest BCUT2D eigenvalue weighted by Crippen LogP contribution is 2.25. The van der Waals surface area contributed by atoms with Crippen molar-refractivity contribution in [2.24, 2.45) is 11.5 Å². The standard InChI is InChI=1S/C20H24N2O5/c21-18(24)12-11-17(23)20(19(22)25,26-13-15-7-3-1-4-8-15)27-14-16-9-5-2-6-10-16/h1-10,17,23H,11-14H2,(H2,21,24)(H2,22,25). The van der Waals surface area contributed by atoms with Crippen LogP contribution in [0.25, 0.3) is 0 Å². The lowest BCUT2D eigenvalue weighted by Gasteiger charge is -2.34. The molecular weight excluding hydrogens is 348 g/mol. The van der Waals surface area contributed by atoms with Gasteiger partial charge in [0.25, 0.3) is 11.7 Å². The summed E-state index contributed by atoms with van der Waals surface area (Å²) in [7, 11) is 0. The number of primary amides is 2. The van der Waals surface area contributed by atoms with Crippen molar-refractivity contribution in [2.45, 2.75) is 37.9 Å². The minimum Gasteiger partial charge on any atom is -0.387 e. The number of benzene rings is 2. The molecule has 0 saturated carbocycles. The van der Waals surface area contributed by atoms with Gasteiger partial charge in [-0.15, -0.1) is 0 Å². The molecule has 0 radical (unpaired) electrons. The van der Waals surface area contributed by atoms with Crippen molar-refractivity contribution in [3.8, 4) is 0 Å². The van der Waals surface area contributed by atoms with Crippen LogP contribution in [0.15, 0.2) is 60.7 Å². The van der Waals surface area contributed by atoms with Crippen LogP contribution in [0, 0.1) is 0 Å². The highest BCUT2D eigenvalue weighted by atomic mass is 16.7. The van der Waals surface area contributed by atoms with E-state index in [9.17, 15) is 14.7 Å². The van der Waals surface area contributed by atoms with Crippen LogP contribution in [-0.2, 0) is 32.3 Å². The molecule has 1 atom stereocenters. The Balaban J connectivity index is 2.21. The molecular formula is C20H24N2O5. The number of ether oxygens (including phenoxy) is 2. The van der Waals surface area contributed by atoms with Crippen molar-refractivity contribution in [1.82, 2.24) is 0 Å². The fraction of sp³-hybridized carbons (Fsp3) is 0.300. The van der Waals surface area contributed by atoms with Gasteiger partial charge in [-0.3, -0.25) is 9.59 Å². The molecule has 0 aliphatic heterocycles. The van der Waals surface area contributed by atoms with Crippen LogP contribution in [0.4, 0.5) is 0 Å². The van der Waals surface area contributed by atoms with Crippen molar-refractivity contribution in [3.05, 3.63) is 71.8 Å². The smallest absolute Gasteiger partial charge is 0.280 e. The number of nitrogens with two attached hydrogens (primary N) is 2. The van der Waals surface area contributed by atoms with E-state index in [2.05, 4.69) is 0 Å². The zero-order valence-electron chi connectivity index (χ0n) is 14.9. The molecule has 0 saturated heterocycles. The van der Waals surface area contributed by atoms with E-state index in [1.54, 1.807) is 24.3 Å². The van der Waals surface area contributed by atoms with Gasteiger partial charge in [0.1, 0.15) is 6.10 Å². The lowest BCUT2D eigenvalue weighted by Crippen LogP contribution is -2.57. The minimum atomic E-state index is -2.11. The van der Waals surface area contributed by atoms with Crippen LogP contribution in [-0.4, -0.2) is 28.8 Å². The van der Waals surface area contributed by atoms with Crippen molar-refractivity contribution in [2.75, 3.05) is 0 Å². The molecule has 2 rings (SSSR count). The zero-order chi connectivity index (χ0) is 19.7. The molecule has 0 heterocycles. The van der Waals surface area contributed by atoms with Gasteiger partial charge in [-0.05, 0) is 17.5 Å². The van der Waals surface area contributed by atoms with Gasteiger partial charge in [0.15, 0.2) is 0 Å². The summed E-state index contributed by atoms with van der Waals surface area (Å²) >= 11 is 0. The zero-order valence-corrected chi connectivity index (χ0v) is 14.9. The van der Waals surface area contributed by atoms with Gasteiger partial charge in [-0.1, -0.05) is 60.7 Å². The number of hydrogen-bond acceptors (Lipinski definition) is 5.